The van der Waals surface area contributed by atoms with Gasteiger partial charge in [-0.15, -0.1) is 24.0 Å². The van der Waals surface area contributed by atoms with Gasteiger partial charge < -0.3 is 19.7 Å². The van der Waals surface area contributed by atoms with Gasteiger partial charge in [0.05, 0.1) is 20.1 Å². The molecule has 0 amide bonds. The fourth-order valence-electron chi connectivity index (χ4n) is 4.81. The Balaban J connectivity index is 0.00000320. The number of halogens is 1. The summed E-state index contributed by atoms with van der Waals surface area (Å²) >= 11 is 0. The molecule has 0 bridgehead atoms. The Morgan fingerprint density at radius 1 is 1.13 bits per heavy atom. The molecule has 6 nitrogen and oxygen atoms in total. The summed E-state index contributed by atoms with van der Waals surface area (Å²) in [5, 5.41) is 3.66. The Bertz CT molecular complexity index is 694. The van der Waals surface area contributed by atoms with Crippen molar-refractivity contribution in [2.45, 2.75) is 50.4 Å². The fourth-order valence-corrected chi connectivity index (χ4v) is 4.81. The predicted molar refractivity (Wildman–Crippen MR) is 131 cm³/mol. The highest BCUT2D eigenvalue weighted by atomic mass is 127. The number of nitrogens with zero attached hydrogens (tertiary/aromatic N) is 2. The molecular weight excluding hydrogens is 493 g/mol. The lowest BCUT2D eigenvalue weighted by Crippen LogP contribution is -2.50. The zero-order valence-electron chi connectivity index (χ0n) is 18.5. The minimum absolute atomic E-state index is 0. The molecule has 168 valence electrons. The SMILES string of the molecule is CN=C(NCC1(c2ccc(OC)cc2)CCCCC1)N1CCC(C(=O)OC)CC1.I. The molecule has 0 spiro atoms. The summed E-state index contributed by atoms with van der Waals surface area (Å²) in [7, 11) is 5.02. The first kappa shape index (κ1) is 24.8. The number of ether oxygens (including phenoxy) is 2. The summed E-state index contributed by atoms with van der Waals surface area (Å²) in [6, 6.07) is 8.57. The molecule has 0 radical (unpaired) electrons. The summed E-state index contributed by atoms with van der Waals surface area (Å²) in [5.41, 5.74) is 1.51. The monoisotopic (exact) mass is 529 g/mol. The first-order valence-electron chi connectivity index (χ1n) is 10.8. The molecule has 30 heavy (non-hydrogen) atoms. The third-order valence-electron chi connectivity index (χ3n) is 6.64. The van der Waals surface area contributed by atoms with E-state index in [0.29, 0.717) is 0 Å². The lowest BCUT2D eigenvalue weighted by Gasteiger charge is -2.40. The summed E-state index contributed by atoms with van der Waals surface area (Å²) in [4.78, 5) is 18.6. The van der Waals surface area contributed by atoms with Crippen LogP contribution in [0.5, 0.6) is 5.75 Å². The molecular formula is C23H36IN3O3. The lowest BCUT2D eigenvalue weighted by molar-refractivity contribution is -0.146. The van der Waals surface area contributed by atoms with Crippen molar-refractivity contribution in [3.63, 3.8) is 0 Å². The Hall–Kier alpha value is -1.51. The van der Waals surface area contributed by atoms with Gasteiger partial charge in [-0.3, -0.25) is 9.79 Å². The fraction of sp³-hybridized carbons (Fsp3) is 0.652. The number of carbonyl (C=O) groups excluding carboxylic acids is 1. The molecule has 1 aliphatic heterocycles. The van der Waals surface area contributed by atoms with E-state index < -0.39 is 0 Å². The van der Waals surface area contributed by atoms with Crippen LogP contribution in [-0.4, -0.2) is 57.7 Å². The number of hydrogen-bond acceptors (Lipinski definition) is 4. The second-order valence-corrected chi connectivity index (χ2v) is 8.25. The summed E-state index contributed by atoms with van der Waals surface area (Å²) in [5.74, 6) is 1.76. The van der Waals surface area contributed by atoms with Gasteiger partial charge >= 0.3 is 5.97 Å². The lowest BCUT2D eigenvalue weighted by atomic mass is 9.69. The predicted octanol–water partition coefficient (Wildman–Crippen LogP) is 3.98. The standard InChI is InChI=1S/C23H35N3O3.HI/c1-24-22(26-15-11-18(12-16-26)21(27)29-3)25-17-23(13-5-4-6-14-23)19-7-9-20(28-2)10-8-19;/h7-10,18H,4-6,11-17H2,1-3H3,(H,24,25);1H. The van der Waals surface area contributed by atoms with Gasteiger partial charge in [0.1, 0.15) is 5.75 Å². The topological polar surface area (TPSA) is 63.2 Å². The van der Waals surface area contributed by atoms with E-state index >= 15 is 0 Å². The van der Waals surface area contributed by atoms with E-state index in [0.717, 1.165) is 44.2 Å². The number of rotatable bonds is 5. The van der Waals surface area contributed by atoms with E-state index in [1.54, 1.807) is 7.11 Å². The number of likely N-dealkylation sites (tertiary alicyclic amines) is 1. The minimum atomic E-state index is -0.0896. The quantitative estimate of drug-likeness (QED) is 0.271. The molecule has 0 aromatic heterocycles. The van der Waals surface area contributed by atoms with Gasteiger partial charge in [-0.1, -0.05) is 31.4 Å². The molecule has 0 atom stereocenters. The van der Waals surface area contributed by atoms with Crippen LogP contribution >= 0.6 is 24.0 Å². The Morgan fingerprint density at radius 3 is 2.30 bits per heavy atom. The van der Waals surface area contributed by atoms with Crippen molar-refractivity contribution in [2.24, 2.45) is 10.9 Å². The van der Waals surface area contributed by atoms with Crippen LogP contribution in [-0.2, 0) is 14.9 Å². The molecule has 1 aromatic carbocycles. The molecule has 3 rings (SSSR count). The molecule has 0 unspecified atom stereocenters. The van der Waals surface area contributed by atoms with Crippen LogP contribution in [0, 0.1) is 5.92 Å². The number of carbonyl (C=O) groups is 1. The highest BCUT2D eigenvalue weighted by molar-refractivity contribution is 14.0. The van der Waals surface area contributed by atoms with Gasteiger partial charge in [-0.25, -0.2) is 0 Å². The van der Waals surface area contributed by atoms with Crippen LogP contribution in [0.15, 0.2) is 29.3 Å². The largest absolute Gasteiger partial charge is 0.497 e. The molecule has 1 saturated heterocycles. The number of esters is 1. The van der Waals surface area contributed by atoms with Gasteiger partial charge in [0.2, 0.25) is 0 Å². The highest BCUT2D eigenvalue weighted by Crippen LogP contribution is 2.39. The molecule has 7 heteroatoms. The molecule has 1 N–H and O–H groups in total. The van der Waals surface area contributed by atoms with Gasteiger partial charge in [0, 0.05) is 32.1 Å². The number of guanidine groups is 1. The third-order valence-corrected chi connectivity index (χ3v) is 6.64. The van der Waals surface area contributed by atoms with Crippen molar-refractivity contribution < 1.29 is 14.3 Å². The number of benzene rings is 1. The molecule has 1 saturated carbocycles. The van der Waals surface area contributed by atoms with Gasteiger partial charge in [0.15, 0.2) is 5.96 Å². The molecule has 2 fully saturated rings. The van der Waals surface area contributed by atoms with E-state index in [2.05, 4.69) is 39.5 Å². The molecule has 1 heterocycles. The number of piperidine rings is 1. The maximum absolute atomic E-state index is 11.8. The van der Waals surface area contributed by atoms with Crippen LogP contribution in [0.1, 0.15) is 50.5 Å². The van der Waals surface area contributed by atoms with Crippen molar-refractivity contribution in [2.75, 3.05) is 40.9 Å². The van der Waals surface area contributed by atoms with E-state index in [9.17, 15) is 4.79 Å². The first-order valence-corrected chi connectivity index (χ1v) is 10.8. The average Bonchev–Trinajstić information content (AvgIpc) is 2.80. The molecule has 1 aromatic rings. The Labute approximate surface area is 197 Å². The highest BCUT2D eigenvalue weighted by Gasteiger charge is 2.35. The van der Waals surface area contributed by atoms with E-state index in [4.69, 9.17) is 9.47 Å². The van der Waals surface area contributed by atoms with Gasteiger partial charge in [0.25, 0.3) is 0 Å². The van der Waals surface area contributed by atoms with Crippen LogP contribution in [0.25, 0.3) is 0 Å². The zero-order chi connectivity index (χ0) is 20.7. The first-order chi connectivity index (χ1) is 14.1. The summed E-state index contributed by atoms with van der Waals surface area (Å²) in [6.07, 6.45) is 7.84. The van der Waals surface area contributed by atoms with E-state index in [-0.39, 0.29) is 41.3 Å². The van der Waals surface area contributed by atoms with Crippen LogP contribution in [0.3, 0.4) is 0 Å². The summed E-state index contributed by atoms with van der Waals surface area (Å²) < 4.78 is 10.2. The summed E-state index contributed by atoms with van der Waals surface area (Å²) in [6.45, 7) is 2.53. The smallest absolute Gasteiger partial charge is 0.308 e. The third kappa shape index (κ3) is 5.80. The zero-order valence-corrected chi connectivity index (χ0v) is 20.8. The van der Waals surface area contributed by atoms with E-state index in [1.165, 1.54) is 44.8 Å². The number of nitrogens with one attached hydrogen (secondary N) is 1. The van der Waals surface area contributed by atoms with Crippen molar-refractivity contribution in [3.8, 4) is 5.75 Å². The Morgan fingerprint density at radius 2 is 1.77 bits per heavy atom. The maximum atomic E-state index is 11.8. The van der Waals surface area contributed by atoms with Crippen LogP contribution in [0.4, 0.5) is 0 Å². The van der Waals surface area contributed by atoms with Crippen LogP contribution in [0.2, 0.25) is 0 Å². The van der Waals surface area contributed by atoms with Crippen molar-refractivity contribution >= 4 is 35.9 Å². The molecule has 2 aliphatic rings. The van der Waals surface area contributed by atoms with Gasteiger partial charge in [-0.2, -0.15) is 0 Å². The van der Waals surface area contributed by atoms with Crippen LogP contribution < -0.4 is 10.1 Å². The second kappa shape index (κ2) is 11.8. The van der Waals surface area contributed by atoms with E-state index in [1.807, 2.05) is 7.05 Å². The van der Waals surface area contributed by atoms with Gasteiger partial charge in [-0.05, 0) is 43.4 Å². The maximum Gasteiger partial charge on any atom is 0.308 e. The van der Waals surface area contributed by atoms with Crippen molar-refractivity contribution in [1.82, 2.24) is 10.2 Å². The number of hydrogen-bond donors (Lipinski definition) is 1. The number of methoxy groups -OCH3 is 2. The average molecular weight is 529 g/mol. The Kier molecular flexibility index (Phi) is 9.71. The normalized spacial score (nSPS) is 19.6. The number of aliphatic imine (C=N–C) groups is 1. The minimum Gasteiger partial charge on any atom is -0.497 e. The van der Waals surface area contributed by atoms with Crippen molar-refractivity contribution in [1.29, 1.82) is 0 Å². The van der Waals surface area contributed by atoms with Crippen molar-refractivity contribution in [3.05, 3.63) is 29.8 Å². The second-order valence-electron chi connectivity index (χ2n) is 8.25. The molecule has 1 aliphatic carbocycles.